The fourth-order valence-corrected chi connectivity index (χ4v) is 1.29. The van der Waals surface area contributed by atoms with Crippen LogP contribution in [-0.2, 0) is 19.6 Å². The standard InChI is InChI=1S/C5H7F2NO6S/c6-5(7)15(13,14)8-2(4(11)12)1-3(9)10/h2,5,8H,1H2,(H,9,10)(H,11,12)/t2-/m1/s1. The van der Waals surface area contributed by atoms with E-state index < -0.39 is 40.2 Å². The summed E-state index contributed by atoms with van der Waals surface area (Å²) < 4.78 is 45.6. The normalized spacial score (nSPS) is 13.8. The maximum atomic E-state index is 11.8. The van der Waals surface area contributed by atoms with Crippen LogP contribution in [0.15, 0.2) is 0 Å². The monoisotopic (exact) mass is 247 g/mol. The first-order chi connectivity index (χ1) is 6.66. The van der Waals surface area contributed by atoms with Gasteiger partial charge in [-0.25, -0.2) is 8.42 Å². The molecule has 0 aromatic heterocycles. The Morgan fingerprint density at radius 3 is 2.00 bits per heavy atom. The number of sulfonamides is 1. The molecule has 88 valence electrons. The van der Waals surface area contributed by atoms with Crippen LogP contribution in [0.5, 0.6) is 0 Å². The highest BCUT2D eigenvalue weighted by atomic mass is 32.2. The van der Waals surface area contributed by atoms with E-state index in [1.807, 2.05) is 0 Å². The molecular weight excluding hydrogens is 240 g/mol. The average Bonchev–Trinajstić information content (AvgIpc) is 2.01. The molecule has 0 saturated carbocycles. The SMILES string of the molecule is O=C(O)C[C@@H](NS(=O)(=O)C(F)F)C(=O)O. The zero-order valence-electron chi connectivity index (χ0n) is 7.05. The smallest absolute Gasteiger partial charge is 0.350 e. The Morgan fingerprint density at radius 2 is 1.73 bits per heavy atom. The van der Waals surface area contributed by atoms with E-state index in [1.165, 1.54) is 0 Å². The Labute approximate surface area is 82.8 Å². The van der Waals surface area contributed by atoms with Gasteiger partial charge in [0.15, 0.2) is 0 Å². The number of halogens is 2. The van der Waals surface area contributed by atoms with E-state index in [0.717, 1.165) is 4.72 Å². The van der Waals surface area contributed by atoms with Crippen LogP contribution in [-0.4, -0.2) is 42.4 Å². The first-order valence-corrected chi connectivity index (χ1v) is 4.95. The molecule has 0 radical (unpaired) electrons. The fraction of sp³-hybridized carbons (Fsp3) is 0.600. The highest BCUT2D eigenvalue weighted by Crippen LogP contribution is 2.05. The van der Waals surface area contributed by atoms with Crippen LogP contribution < -0.4 is 4.72 Å². The van der Waals surface area contributed by atoms with Crippen molar-refractivity contribution in [2.24, 2.45) is 0 Å². The van der Waals surface area contributed by atoms with Crippen molar-refractivity contribution in [1.82, 2.24) is 4.72 Å². The molecule has 0 heterocycles. The fourth-order valence-electron chi connectivity index (χ4n) is 0.604. The topological polar surface area (TPSA) is 121 Å². The van der Waals surface area contributed by atoms with Gasteiger partial charge in [-0.2, -0.15) is 13.5 Å². The number of aliphatic carboxylic acids is 2. The quantitative estimate of drug-likeness (QED) is 0.556. The summed E-state index contributed by atoms with van der Waals surface area (Å²) in [6, 6.07) is -2.11. The van der Waals surface area contributed by atoms with Crippen LogP contribution in [0.1, 0.15) is 6.42 Å². The molecule has 7 nitrogen and oxygen atoms in total. The summed E-state index contributed by atoms with van der Waals surface area (Å²) in [4.78, 5) is 20.4. The number of hydrogen-bond donors (Lipinski definition) is 3. The molecule has 0 aromatic rings. The van der Waals surface area contributed by atoms with Crippen molar-refractivity contribution in [2.45, 2.75) is 18.2 Å². The Morgan fingerprint density at radius 1 is 1.27 bits per heavy atom. The van der Waals surface area contributed by atoms with Crippen molar-refractivity contribution in [3.8, 4) is 0 Å². The minimum Gasteiger partial charge on any atom is -0.481 e. The van der Waals surface area contributed by atoms with E-state index in [2.05, 4.69) is 0 Å². The van der Waals surface area contributed by atoms with Crippen LogP contribution in [0.2, 0.25) is 0 Å². The second-order valence-corrected chi connectivity index (χ2v) is 4.09. The van der Waals surface area contributed by atoms with Gasteiger partial charge in [-0.15, -0.1) is 0 Å². The van der Waals surface area contributed by atoms with Crippen LogP contribution in [0, 0.1) is 0 Å². The number of carboxylic acid groups (broad SMARTS) is 2. The third kappa shape index (κ3) is 4.65. The molecule has 3 N–H and O–H groups in total. The lowest BCUT2D eigenvalue weighted by Crippen LogP contribution is -2.44. The molecule has 0 aromatic carbocycles. The first kappa shape index (κ1) is 13.7. The lowest BCUT2D eigenvalue weighted by atomic mass is 10.2. The molecule has 0 unspecified atom stereocenters. The largest absolute Gasteiger partial charge is 0.481 e. The van der Waals surface area contributed by atoms with E-state index in [1.54, 1.807) is 0 Å². The van der Waals surface area contributed by atoms with E-state index >= 15 is 0 Å². The molecule has 0 spiro atoms. The van der Waals surface area contributed by atoms with Gasteiger partial charge in [0, 0.05) is 0 Å². The molecule has 0 rings (SSSR count). The number of hydrogen-bond acceptors (Lipinski definition) is 4. The van der Waals surface area contributed by atoms with Gasteiger partial charge in [0.1, 0.15) is 6.04 Å². The summed E-state index contributed by atoms with van der Waals surface area (Å²) in [5, 5.41) is 16.5. The predicted molar refractivity (Wildman–Crippen MR) is 41.7 cm³/mol. The lowest BCUT2D eigenvalue weighted by molar-refractivity contribution is -0.145. The number of rotatable bonds is 6. The second kappa shape index (κ2) is 4.98. The number of carboxylic acids is 2. The number of alkyl halides is 2. The highest BCUT2D eigenvalue weighted by Gasteiger charge is 2.31. The number of carbonyl (C=O) groups is 2. The summed E-state index contributed by atoms with van der Waals surface area (Å²) >= 11 is 0. The summed E-state index contributed by atoms with van der Waals surface area (Å²) in [6.07, 6.45) is -1.12. The molecule has 0 fully saturated rings. The Balaban J connectivity index is 4.70. The minimum absolute atomic E-state index is 1.07. The van der Waals surface area contributed by atoms with Crippen LogP contribution in [0.3, 0.4) is 0 Å². The molecule has 0 amide bonds. The molecular formula is C5H7F2NO6S. The van der Waals surface area contributed by atoms with Crippen LogP contribution >= 0.6 is 0 Å². The van der Waals surface area contributed by atoms with Crippen molar-refractivity contribution in [3.63, 3.8) is 0 Å². The van der Waals surface area contributed by atoms with Crippen molar-refractivity contribution in [1.29, 1.82) is 0 Å². The molecule has 0 aliphatic heterocycles. The second-order valence-electron chi connectivity index (χ2n) is 2.41. The summed E-state index contributed by atoms with van der Waals surface area (Å²) in [6.45, 7) is 0. The molecule has 0 bridgehead atoms. The molecule has 0 saturated heterocycles. The van der Waals surface area contributed by atoms with Gasteiger partial charge in [0.05, 0.1) is 6.42 Å². The van der Waals surface area contributed by atoms with Crippen molar-refractivity contribution < 1.29 is 37.0 Å². The van der Waals surface area contributed by atoms with Gasteiger partial charge in [-0.05, 0) is 0 Å². The van der Waals surface area contributed by atoms with Crippen molar-refractivity contribution >= 4 is 22.0 Å². The predicted octanol–water partition coefficient (Wildman–Crippen LogP) is -0.944. The average molecular weight is 247 g/mol. The molecule has 15 heavy (non-hydrogen) atoms. The molecule has 10 heteroatoms. The van der Waals surface area contributed by atoms with Gasteiger partial charge >= 0.3 is 17.7 Å². The minimum atomic E-state index is -5.12. The van der Waals surface area contributed by atoms with Crippen LogP contribution in [0.25, 0.3) is 0 Å². The van der Waals surface area contributed by atoms with E-state index in [4.69, 9.17) is 10.2 Å². The maximum Gasteiger partial charge on any atom is 0.350 e. The highest BCUT2D eigenvalue weighted by molar-refractivity contribution is 7.89. The van der Waals surface area contributed by atoms with Crippen molar-refractivity contribution in [3.05, 3.63) is 0 Å². The van der Waals surface area contributed by atoms with E-state index in [0.29, 0.717) is 0 Å². The lowest BCUT2D eigenvalue weighted by Gasteiger charge is -2.11. The summed E-state index contributed by atoms with van der Waals surface area (Å²) in [7, 11) is -5.12. The summed E-state index contributed by atoms with van der Waals surface area (Å²) in [5.41, 5.74) is 0. The van der Waals surface area contributed by atoms with E-state index in [9.17, 15) is 26.8 Å². The van der Waals surface area contributed by atoms with E-state index in [-0.39, 0.29) is 0 Å². The van der Waals surface area contributed by atoms with Crippen molar-refractivity contribution in [2.75, 3.05) is 0 Å². The van der Waals surface area contributed by atoms with Crippen LogP contribution in [0.4, 0.5) is 8.78 Å². The van der Waals surface area contributed by atoms with Gasteiger partial charge in [-0.3, -0.25) is 9.59 Å². The Kier molecular flexibility index (Phi) is 4.55. The number of nitrogens with one attached hydrogen (secondary N) is 1. The molecule has 0 aliphatic rings. The summed E-state index contributed by atoms with van der Waals surface area (Å²) in [5.74, 6) is -7.28. The zero-order valence-corrected chi connectivity index (χ0v) is 7.87. The molecule has 1 atom stereocenters. The van der Waals surface area contributed by atoms with Gasteiger partial charge < -0.3 is 10.2 Å². The Bertz CT molecular complexity index is 353. The zero-order chi connectivity index (χ0) is 12.2. The molecule has 0 aliphatic carbocycles. The third-order valence-corrected chi connectivity index (χ3v) is 2.30. The Hall–Kier alpha value is -1.29. The van der Waals surface area contributed by atoms with Gasteiger partial charge in [0.2, 0.25) is 0 Å². The third-order valence-electron chi connectivity index (χ3n) is 1.22. The van der Waals surface area contributed by atoms with Gasteiger partial charge in [0.25, 0.3) is 10.0 Å². The van der Waals surface area contributed by atoms with Gasteiger partial charge in [-0.1, -0.05) is 0 Å². The first-order valence-electron chi connectivity index (χ1n) is 3.40. The maximum absolute atomic E-state index is 11.8.